The van der Waals surface area contributed by atoms with Crippen LogP contribution >= 0.6 is 0 Å². The lowest BCUT2D eigenvalue weighted by molar-refractivity contribution is 0.172. The number of ether oxygens (including phenoxy) is 1. The summed E-state index contributed by atoms with van der Waals surface area (Å²) in [5.74, 6) is 1.76. The van der Waals surface area contributed by atoms with Crippen molar-refractivity contribution in [2.24, 2.45) is 11.8 Å². The summed E-state index contributed by atoms with van der Waals surface area (Å²) in [7, 11) is 0. The largest absolute Gasteiger partial charge is 0.381 e. The van der Waals surface area contributed by atoms with Crippen molar-refractivity contribution >= 4 is 0 Å². The Hall–Kier alpha value is -0.0800. The Kier molecular flexibility index (Phi) is 3.82. The molecular formula is C12H23NO. The quantitative estimate of drug-likeness (QED) is 0.729. The first kappa shape index (κ1) is 10.4. The van der Waals surface area contributed by atoms with E-state index in [1.807, 2.05) is 0 Å². The number of rotatable bonds is 5. The SMILES string of the molecule is CCC(NCC1CCC1)C1CCOC1. The molecule has 1 N–H and O–H groups in total. The van der Waals surface area contributed by atoms with Crippen LogP contribution in [0.4, 0.5) is 0 Å². The van der Waals surface area contributed by atoms with Gasteiger partial charge in [0, 0.05) is 12.6 Å². The molecule has 2 heteroatoms. The Morgan fingerprint density at radius 1 is 1.36 bits per heavy atom. The molecule has 0 bridgehead atoms. The maximum Gasteiger partial charge on any atom is 0.0509 e. The molecule has 1 saturated carbocycles. The van der Waals surface area contributed by atoms with E-state index in [0.717, 1.165) is 25.0 Å². The molecule has 2 unspecified atom stereocenters. The van der Waals surface area contributed by atoms with E-state index in [1.54, 1.807) is 0 Å². The maximum absolute atomic E-state index is 5.45. The molecule has 2 nitrogen and oxygen atoms in total. The van der Waals surface area contributed by atoms with Crippen LogP contribution in [0, 0.1) is 11.8 Å². The third-order valence-electron chi connectivity index (χ3n) is 3.87. The van der Waals surface area contributed by atoms with E-state index in [2.05, 4.69) is 12.2 Å². The normalized spacial score (nSPS) is 30.2. The van der Waals surface area contributed by atoms with Crippen molar-refractivity contribution in [3.8, 4) is 0 Å². The van der Waals surface area contributed by atoms with Crippen molar-refractivity contribution in [1.82, 2.24) is 5.32 Å². The van der Waals surface area contributed by atoms with Crippen molar-refractivity contribution in [3.63, 3.8) is 0 Å². The van der Waals surface area contributed by atoms with Crippen LogP contribution in [0.15, 0.2) is 0 Å². The summed E-state index contributed by atoms with van der Waals surface area (Å²) < 4.78 is 5.45. The zero-order valence-electron chi connectivity index (χ0n) is 9.30. The highest BCUT2D eigenvalue weighted by atomic mass is 16.5. The molecule has 1 aliphatic carbocycles. The Balaban J connectivity index is 1.68. The Bertz CT molecular complexity index is 162. The number of hydrogen-bond acceptors (Lipinski definition) is 2. The van der Waals surface area contributed by atoms with Gasteiger partial charge in [-0.25, -0.2) is 0 Å². The molecule has 2 fully saturated rings. The second-order valence-electron chi connectivity index (χ2n) is 4.84. The molecule has 0 aromatic carbocycles. The fourth-order valence-electron chi connectivity index (χ4n) is 2.53. The lowest BCUT2D eigenvalue weighted by atomic mass is 9.85. The summed E-state index contributed by atoms with van der Waals surface area (Å²) in [6.45, 7) is 5.49. The summed E-state index contributed by atoms with van der Waals surface area (Å²) in [4.78, 5) is 0. The molecular weight excluding hydrogens is 174 g/mol. The van der Waals surface area contributed by atoms with Gasteiger partial charge in [-0.05, 0) is 44.1 Å². The Labute approximate surface area is 87.4 Å². The summed E-state index contributed by atoms with van der Waals surface area (Å²) in [5, 5.41) is 3.73. The van der Waals surface area contributed by atoms with Gasteiger partial charge in [0.25, 0.3) is 0 Å². The summed E-state index contributed by atoms with van der Waals surface area (Å²) in [6, 6.07) is 0.707. The molecule has 2 atom stereocenters. The minimum atomic E-state index is 0.707. The Morgan fingerprint density at radius 3 is 2.71 bits per heavy atom. The first-order valence-electron chi connectivity index (χ1n) is 6.21. The van der Waals surface area contributed by atoms with Crippen LogP contribution < -0.4 is 5.32 Å². The van der Waals surface area contributed by atoms with Gasteiger partial charge in [0.2, 0.25) is 0 Å². The van der Waals surface area contributed by atoms with Gasteiger partial charge in [0.1, 0.15) is 0 Å². The van der Waals surface area contributed by atoms with Crippen LogP contribution in [0.3, 0.4) is 0 Å². The molecule has 1 saturated heterocycles. The molecule has 0 amide bonds. The molecule has 0 aromatic heterocycles. The third-order valence-corrected chi connectivity index (χ3v) is 3.87. The van der Waals surface area contributed by atoms with Gasteiger partial charge in [-0.15, -0.1) is 0 Å². The highest BCUT2D eigenvalue weighted by molar-refractivity contribution is 4.81. The maximum atomic E-state index is 5.45. The first-order chi connectivity index (χ1) is 6.90. The number of nitrogens with one attached hydrogen (secondary N) is 1. The third kappa shape index (κ3) is 2.48. The summed E-state index contributed by atoms with van der Waals surface area (Å²) in [6.07, 6.45) is 6.86. The Morgan fingerprint density at radius 2 is 2.21 bits per heavy atom. The van der Waals surface area contributed by atoms with Crippen molar-refractivity contribution in [1.29, 1.82) is 0 Å². The minimum Gasteiger partial charge on any atom is -0.381 e. The molecule has 14 heavy (non-hydrogen) atoms. The van der Waals surface area contributed by atoms with Gasteiger partial charge in [-0.3, -0.25) is 0 Å². The highest BCUT2D eigenvalue weighted by Crippen LogP contribution is 2.26. The van der Waals surface area contributed by atoms with Gasteiger partial charge < -0.3 is 10.1 Å². The van der Waals surface area contributed by atoms with E-state index in [4.69, 9.17) is 4.74 Å². The molecule has 0 spiro atoms. The van der Waals surface area contributed by atoms with E-state index in [0.29, 0.717) is 6.04 Å². The van der Waals surface area contributed by atoms with Gasteiger partial charge >= 0.3 is 0 Å². The number of hydrogen-bond donors (Lipinski definition) is 1. The fourth-order valence-corrected chi connectivity index (χ4v) is 2.53. The van der Waals surface area contributed by atoms with Gasteiger partial charge in [0.05, 0.1) is 6.61 Å². The van der Waals surface area contributed by atoms with Crippen molar-refractivity contribution < 1.29 is 4.74 Å². The predicted octanol–water partition coefficient (Wildman–Crippen LogP) is 2.19. The van der Waals surface area contributed by atoms with Crippen LogP contribution in [-0.2, 0) is 4.74 Å². The standard InChI is InChI=1S/C12H23NO/c1-2-12(11-6-7-14-9-11)13-8-10-4-3-5-10/h10-13H,2-9H2,1H3. The molecule has 82 valence electrons. The lowest BCUT2D eigenvalue weighted by Gasteiger charge is -2.30. The fraction of sp³-hybridized carbons (Fsp3) is 1.00. The molecule has 2 aliphatic rings. The van der Waals surface area contributed by atoms with E-state index < -0.39 is 0 Å². The van der Waals surface area contributed by atoms with Crippen molar-refractivity contribution in [2.75, 3.05) is 19.8 Å². The topological polar surface area (TPSA) is 21.3 Å². The van der Waals surface area contributed by atoms with E-state index in [9.17, 15) is 0 Å². The smallest absolute Gasteiger partial charge is 0.0509 e. The van der Waals surface area contributed by atoms with E-state index >= 15 is 0 Å². The van der Waals surface area contributed by atoms with Crippen molar-refractivity contribution in [2.45, 2.75) is 45.1 Å². The molecule has 2 rings (SSSR count). The van der Waals surface area contributed by atoms with Gasteiger partial charge in [0.15, 0.2) is 0 Å². The van der Waals surface area contributed by atoms with E-state index in [1.165, 1.54) is 38.6 Å². The zero-order chi connectivity index (χ0) is 9.80. The highest BCUT2D eigenvalue weighted by Gasteiger charge is 2.25. The average molecular weight is 197 g/mol. The van der Waals surface area contributed by atoms with Crippen molar-refractivity contribution in [3.05, 3.63) is 0 Å². The first-order valence-corrected chi connectivity index (χ1v) is 6.21. The van der Waals surface area contributed by atoms with Crippen LogP contribution in [0.1, 0.15) is 39.0 Å². The zero-order valence-corrected chi connectivity index (χ0v) is 9.30. The molecule has 0 radical (unpaired) electrons. The predicted molar refractivity (Wildman–Crippen MR) is 58.3 cm³/mol. The van der Waals surface area contributed by atoms with Crippen LogP contribution in [0.2, 0.25) is 0 Å². The monoisotopic (exact) mass is 197 g/mol. The van der Waals surface area contributed by atoms with Gasteiger partial charge in [-0.2, -0.15) is 0 Å². The lowest BCUT2D eigenvalue weighted by Crippen LogP contribution is -2.40. The minimum absolute atomic E-state index is 0.707. The van der Waals surface area contributed by atoms with Gasteiger partial charge in [-0.1, -0.05) is 13.3 Å². The second-order valence-corrected chi connectivity index (χ2v) is 4.84. The molecule has 0 aromatic rings. The average Bonchev–Trinajstić information content (AvgIpc) is 2.62. The second kappa shape index (κ2) is 5.13. The molecule has 1 aliphatic heterocycles. The van der Waals surface area contributed by atoms with E-state index in [-0.39, 0.29) is 0 Å². The summed E-state index contributed by atoms with van der Waals surface area (Å²) >= 11 is 0. The van der Waals surface area contributed by atoms with Crippen LogP contribution in [0.5, 0.6) is 0 Å². The summed E-state index contributed by atoms with van der Waals surface area (Å²) in [5.41, 5.74) is 0. The van der Waals surface area contributed by atoms with Crippen LogP contribution in [-0.4, -0.2) is 25.8 Å². The van der Waals surface area contributed by atoms with Crippen LogP contribution in [0.25, 0.3) is 0 Å². The molecule has 1 heterocycles.